The lowest BCUT2D eigenvalue weighted by atomic mass is 10.3. The van der Waals surface area contributed by atoms with Crippen LogP contribution in [0.1, 0.15) is 31.3 Å². The van der Waals surface area contributed by atoms with E-state index in [4.69, 9.17) is 14.1 Å². The minimum absolute atomic E-state index is 0.202. The van der Waals surface area contributed by atoms with Gasteiger partial charge in [-0.25, -0.2) is 19.3 Å². The summed E-state index contributed by atoms with van der Waals surface area (Å²) in [5, 5.41) is 6.59. The minimum Gasteiger partial charge on any atom is -0.440 e. The zero-order valence-corrected chi connectivity index (χ0v) is 21.7. The molecule has 4 heterocycles. The molecule has 0 saturated heterocycles. The first-order valence-corrected chi connectivity index (χ1v) is 12.9. The molecular weight excluding hydrogens is 485 g/mol. The SMILES string of the molecule is CC(C)OCCn1c(CCNCCc2nc3c(NCc4ncccc4F)nccc3o2)nc2ccccc21. The van der Waals surface area contributed by atoms with Crippen LogP contribution in [0, 0.1) is 5.82 Å². The van der Waals surface area contributed by atoms with E-state index in [0.717, 1.165) is 36.4 Å². The number of hydrogen-bond donors (Lipinski definition) is 2. The third kappa shape index (κ3) is 6.15. The number of fused-ring (bicyclic) bond motifs is 2. The number of imidazole rings is 1. The van der Waals surface area contributed by atoms with E-state index in [1.165, 1.54) is 6.07 Å². The van der Waals surface area contributed by atoms with Gasteiger partial charge in [0.05, 0.1) is 36.0 Å². The first-order chi connectivity index (χ1) is 18.6. The summed E-state index contributed by atoms with van der Waals surface area (Å²) in [7, 11) is 0. The van der Waals surface area contributed by atoms with E-state index in [1.807, 2.05) is 32.0 Å². The summed E-state index contributed by atoms with van der Waals surface area (Å²) in [6.07, 6.45) is 4.83. The van der Waals surface area contributed by atoms with Gasteiger partial charge in [0, 0.05) is 50.9 Å². The Morgan fingerprint density at radius 2 is 1.87 bits per heavy atom. The monoisotopic (exact) mass is 517 g/mol. The molecular formula is C28H32FN7O2. The smallest absolute Gasteiger partial charge is 0.196 e. The number of halogens is 1. The van der Waals surface area contributed by atoms with Gasteiger partial charge in [-0.1, -0.05) is 12.1 Å². The standard InChI is InChI=1S/C28H32FN7O2/c1-19(2)37-17-16-36-23-8-4-3-7-21(23)34-25(36)10-13-30-14-11-26-35-27-24(38-26)9-15-32-28(27)33-18-22-20(29)6-5-12-31-22/h3-9,12,15,19,30H,10-11,13-14,16-18H2,1-2H3,(H,32,33). The highest BCUT2D eigenvalue weighted by atomic mass is 19.1. The molecule has 0 radical (unpaired) electrons. The highest BCUT2D eigenvalue weighted by Gasteiger charge is 2.13. The molecule has 5 rings (SSSR count). The lowest BCUT2D eigenvalue weighted by Gasteiger charge is -2.12. The van der Waals surface area contributed by atoms with Crippen LogP contribution < -0.4 is 10.6 Å². The van der Waals surface area contributed by atoms with Gasteiger partial charge >= 0.3 is 0 Å². The molecule has 0 saturated carbocycles. The fourth-order valence-electron chi connectivity index (χ4n) is 4.32. The number of nitrogens with zero attached hydrogens (tertiary/aromatic N) is 5. The van der Waals surface area contributed by atoms with Crippen LogP contribution in [0.3, 0.4) is 0 Å². The van der Waals surface area contributed by atoms with Gasteiger partial charge in [0.1, 0.15) is 11.6 Å². The van der Waals surface area contributed by atoms with Crippen LogP contribution in [0.2, 0.25) is 0 Å². The number of para-hydroxylation sites is 2. The molecule has 0 bridgehead atoms. The number of benzene rings is 1. The van der Waals surface area contributed by atoms with Crippen molar-refractivity contribution in [2.75, 3.05) is 25.0 Å². The normalized spacial score (nSPS) is 11.7. The number of aromatic nitrogens is 5. The molecule has 198 valence electrons. The summed E-state index contributed by atoms with van der Waals surface area (Å²) in [6, 6.07) is 12.9. The number of pyridine rings is 2. The summed E-state index contributed by atoms with van der Waals surface area (Å²) >= 11 is 0. The molecule has 10 heteroatoms. The van der Waals surface area contributed by atoms with Crippen LogP contribution in [-0.4, -0.2) is 50.3 Å². The molecule has 38 heavy (non-hydrogen) atoms. The van der Waals surface area contributed by atoms with Gasteiger partial charge in [0.2, 0.25) is 0 Å². The maximum absolute atomic E-state index is 13.9. The largest absolute Gasteiger partial charge is 0.440 e. The van der Waals surface area contributed by atoms with Crippen LogP contribution in [0.25, 0.3) is 22.1 Å². The number of ether oxygens (including phenoxy) is 1. The Hall–Kier alpha value is -3.89. The second-order valence-corrected chi connectivity index (χ2v) is 9.24. The third-order valence-electron chi connectivity index (χ3n) is 6.15. The summed E-state index contributed by atoms with van der Waals surface area (Å²) in [5.74, 6) is 1.83. The van der Waals surface area contributed by atoms with Crippen LogP contribution in [0.5, 0.6) is 0 Å². The molecule has 0 atom stereocenters. The van der Waals surface area contributed by atoms with Crippen LogP contribution in [0.15, 0.2) is 59.3 Å². The van der Waals surface area contributed by atoms with Crippen molar-refractivity contribution < 1.29 is 13.5 Å². The molecule has 0 amide bonds. The molecule has 5 aromatic rings. The van der Waals surface area contributed by atoms with Crippen molar-refractivity contribution in [3.63, 3.8) is 0 Å². The second kappa shape index (κ2) is 12.1. The third-order valence-corrected chi connectivity index (χ3v) is 6.15. The highest BCUT2D eigenvalue weighted by Crippen LogP contribution is 2.22. The van der Waals surface area contributed by atoms with Crippen molar-refractivity contribution in [2.24, 2.45) is 0 Å². The molecule has 0 unspecified atom stereocenters. The van der Waals surface area contributed by atoms with Crippen LogP contribution >= 0.6 is 0 Å². The molecule has 4 aromatic heterocycles. The summed E-state index contributed by atoms with van der Waals surface area (Å²) < 4.78 is 27.9. The van der Waals surface area contributed by atoms with E-state index in [0.29, 0.717) is 48.1 Å². The minimum atomic E-state index is -0.362. The molecule has 0 aliphatic carbocycles. The number of anilines is 1. The fraction of sp³-hybridized carbons (Fsp3) is 0.357. The van der Waals surface area contributed by atoms with Gasteiger partial charge in [0.25, 0.3) is 0 Å². The molecule has 2 N–H and O–H groups in total. The predicted octanol–water partition coefficient (Wildman–Crippen LogP) is 4.52. The summed E-state index contributed by atoms with van der Waals surface area (Å²) in [4.78, 5) is 17.9. The highest BCUT2D eigenvalue weighted by molar-refractivity contribution is 5.83. The second-order valence-electron chi connectivity index (χ2n) is 9.24. The van der Waals surface area contributed by atoms with E-state index in [9.17, 15) is 4.39 Å². The van der Waals surface area contributed by atoms with E-state index in [-0.39, 0.29) is 18.5 Å². The van der Waals surface area contributed by atoms with Gasteiger partial charge < -0.3 is 24.4 Å². The lowest BCUT2D eigenvalue weighted by Crippen LogP contribution is -2.22. The topological polar surface area (TPSA) is 103 Å². The van der Waals surface area contributed by atoms with E-state index in [2.05, 4.69) is 36.2 Å². The maximum Gasteiger partial charge on any atom is 0.196 e. The van der Waals surface area contributed by atoms with Crippen molar-refractivity contribution in [1.82, 2.24) is 29.8 Å². The summed E-state index contributed by atoms with van der Waals surface area (Å²) in [6.45, 7) is 7.21. The predicted molar refractivity (Wildman–Crippen MR) is 144 cm³/mol. The van der Waals surface area contributed by atoms with Crippen molar-refractivity contribution in [2.45, 2.75) is 45.9 Å². The van der Waals surface area contributed by atoms with Crippen molar-refractivity contribution >= 4 is 28.0 Å². The van der Waals surface area contributed by atoms with E-state index >= 15 is 0 Å². The molecule has 0 aliphatic heterocycles. The molecule has 1 aromatic carbocycles. The average Bonchev–Trinajstić information content (AvgIpc) is 3.49. The lowest BCUT2D eigenvalue weighted by molar-refractivity contribution is 0.0729. The number of hydrogen-bond acceptors (Lipinski definition) is 8. The first kappa shape index (κ1) is 25.7. The van der Waals surface area contributed by atoms with Crippen LogP contribution in [0.4, 0.5) is 10.2 Å². The fourth-order valence-corrected chi connectivity index (χ4v) is 4.32. The Morgan fingerprint density at radius 1 is 1.00 bits per heavy atom. The Balaban J connectivity index is 1.16. The molecule has 9 nitrogen and oxygen atoms in total. The Labute approximate surface area is 220 Å². The number of nitrogens with one attached hydrogen (secondary N) is 2. The molecule has 0 fully saturated rings. The van der Waals surface area contributed by atoms with Gasteiger partial charge in [-0.15, -0.1) is 0 Å². The quantitative estimate of drug-likeness (QED) is 0.220. The van der Waals surface area contributed by atoms with E-state index < -0.39 is 0 Å². The van der Waals surface area contributed by atoms with E-state index in [1.54, 1.807) is 24.5 Å². The van der Waals surface area contributed by atoms with Crippen molar-refractivity contribution in [3.8, 4) is 0 Å². The van der Waals surface area contributed by atoms with Gasteiger partial charge in [-0.3, -0.25) is 4.98 Å². The van der Waals surface area contributed by atoms with Gasteiger partial charge in [-0.2, -0.15) is 0 Å². The Bertz CT molecular complexity index is 1500. The Kier molecular flexibility index (Phi) is 8.20. The van der Waals surface area contributed by atoms with Crippen molar-refractivity contribution in [3.05, 3.63) is 78.1 Å². The maximum atomic E-state index is 13.9. The molecule has 0 spiro atoms. The Morgan fingerprint density at radius 3 is 2.74 bits per heavy atom. The number of rotatable bonds is 13. The van der Waals surface area contributed by atoms with Crippen LogP contribution in [-0.2, 0) is 30.7 Å². The number of oxazole rings is 1. The zero-order chi connectivity index (χ0) is 26.3. The van der Waals surface area contributed by atoms with Gasteiger partial charge in [-0.05, 0) is 38.1 Å². The summed E-state index contributed by atoms with van der Waals surface area (Å²) in [5.41, 5.74) is 3.71. The average molecular weight is 518 g/mol. The zero-order valence-electron chi connectivity index (χ0n) is 21.7. The molecule has 0 aliphatic rings. The van der Waals surface area contributed by atoms with Crippen molar-refractivity contribution in [1.29, 1.82) is 0 Å². The first-order valence-electron chi connectivity index (χ1n) is 12.9. The van der Waals surface area contributed by atoms with Gasteiger partial charge in [0.15, 0.2) is 22.8 Å².